The third kappa shape index (κ3) is 11.7. The molecular formula is C18H36NO12S2Si-. The first-order chi connectivity index (χ1) is 15.8. The van der Waals surface area contributed by atoms with E-state index in [2.05, 4.69) is 5.32 Å². The summed E-state index contributed by atoms with van der Waals surface area (Å²) >= 11 is 0.851. The smallest absolute Gasteiger partial charge is 0.500 e. The van der Waals surface area contributed by atoms with Crippen LogP contribution >= 0.6 is 11.8 Å². The van der Waals surface area contributed by atoms with Crippen LogP contribution < -0.4 is 5.32 Å². The highest BCUT2D eigenvalue weighted by atomic mass is 32.2. The molecule has 0 aromatic carbocycles. The minimum Gasteiger partial charge on any atom is -0.747 e. The van der Waals surface area contributed by atoms with Gasteiger partial charge in [-0.3, -0.25) is 9.59 Å². The first kappa shape index (κ1) is 33.2. The summed E-state index contributed by atoms with van der Waals surface area (Å²) in [7, 11) is -2.92. The third-order valence-corrected chi connectivity index (χ3v) is 10.8. The molecule has 0 heterocycles. The summed E-state index contributed by atoms with van der Waals surface area (Å²) < 4.78 is 57.9. The quantitative estimate of drug-likeness (QED) is 0.0746. The number of aliphatic hydroxyl groups is 2. The van der Waals surface area contributed by atoms with Gasteiger partial charge in [0.25, 0.3) is 0 Å². The molecule has 1 amide bonds. The van der Waals surface area contributed by atoms with Gasteiger partial charge in [-0.05, 0) is 20.3 Å². The van der Waals surface area contributed by atoms with E-state index in [1.54, 1.807) is 0 Å². The zero-order valence-electron chi connectivity index (χ0n) is 20.1. The van der Waals surface area contributed by atoms with E-state index in [-0.39, 0.29) is 19.0 Å². The van der Waals surface area contributed by atoms with Crippen molar-refractivity contribution in [2.24, 2.45) is 0 Å². The second kappa shape index (κ2) is 16.0. The molecule has 13 nitrogen and oxygen atoms in total. The Morgan fingerprint density at radius 3 is 2.26 bits per heavy atom. The van der Waals surface area contributed by atoms with Crippen molar-refractivity contribution in [2.45, 2.75) is 42.4 Å². The van der Waals surface area contributed by atoms with Crippen LogP contribution in [0.25, 0.3) is 0 Å². The first-order valence-corrected chi connectivity index (χ1v) is 14.7. The van der Waals surface area contributed by atoms with E-state index in [0.717, 1.165) is 18.7 Å². The number of hydrogen-bond acceptors (Lipinski definition) is 13. The van der Waals surface area contributed by atoms with Gasteiger partial charge in [0.1, 0.15) is 29.4 Å². The Hall–Kier alpha value is -0.823. The zero-order valence-corrected chi connectivity index (χ0v) is 22.7. The Kier molecular flexibility index (Phi) is 15.6. The topological polar surface area (TPSA) is 190 Å². The van der Waals surface area contributed by atoms with E-state index in [1.165, 1.54) is 28.3 Å². The SMILES string of the molecule is CO[Si](CCCOCC(O)COC(=O)CNC(=O)C(C)SCC(C)(CO)S(=O)(=O)[O-])(OC)OC. The van der Waals surface area contributed by atoms with Crippen molar-refractivity contribution in [1.82, 2.24) is 5.32 Å². The monoisotopic (exact) mass is 550 g/mol. The lowest BCUT2D eigenvalue weighted by molar-refractivity contribution is -0.147. The molecule has 0 aromatic heterocycles. The highest BCUT2D eigenvalue weighted by Crippen LogP contribution is 2.24. The van der Waals surface area contributed by atoms with Crippen LogP contribution in [0, 0.1) is 0 Å². The molecule has 0 fully saturated rings. The van der Waals surface area contributed by atoms with E-state index in [9.17, 15) is 32.8 Å². The minimum atomic E-state index is -4.77. The van der Waals surface area contributed by atoms with Crippen molar-refractivity contribution in [1.29, 1.82) is 0 Å². The predicted molar refractivity (Wildman–Crippen MR) is 124 cm³/mol. The fourth-order valence-corrected chi connectivity index (χ4v) is 5.89. The lowest BCUT2D eigenvalue weighted by Crippen LogP contribution is -2.43. The molecule has 16 heteroatoms. The molecule has 34 heavy (non-hydrogen) atoms. The van der Waals surface area contributed by atoms with Gasteiger partial charge in [-0.1, -0.05) is 0 Å². The molecule has 0 aliphatic carbocycles. The number of thioether (sulfide) groups is 1. The van der Waals surface area contributed by atoms with Crippen molar-refractivity contribution < 1.29 is 55.5 Å². The number of aliphatic hydroxyl groups excluding tert-OH is 2. The Balaban J connectivity index is 4.15. The Bertz CT molecular complexity index is 713. The van der Waals surface area contributed by atoms with E-state index >= 15 is 0 Å². The van der Waals surface area contributed by atoms with E-state index < -0.39 is 60.1 Å². The van der Waals surface area contributed by atoms with Crippen LogP contribution in [0.15, 0.2) is 0 Å². The molecule has 3 unspecified atom stereocenters. The average molecular weight is 551 g/mol. The Morgan fingerprint density at radius 1 is 1.18 bits per heavy atom. The van der Waals surface area contributed by atoms with Crippen LogP contribution in [0.4, 0.5) is 0 Å². The summed E-state index contributed by atoms with van der Waals surface area (Å²) in [6.45, 7) is 1.11. The standard InChI is InChI=1S/C18H37NO12S2Si/c1-14(32-13-18(2,12-20)33(24,25)26)17(23)19-9-16(22)31-11-15(21)10-30-7-6-8-34(27-3,28-4)29-5/h14-15,20-21H,6-13H2,1-5H3,(H,19,23)(H,24,25,26)/p-1. The third-order valence-electron chi connectivity index (χ3n) is 4.80. The maximum absolute atomic E-state index is 12.1. The van der Waals surface area contributed by atoms with Crippen LogP contribution in [0.2, 0.25) is 6.04 Å². The molecule has 0 aromatic rings. The van der Waals surface area contributed by atoms with Gasteiger partial charge in [-0.15, -0.1) is 11.8 Å². The predicted octanol–water partition coefficient (Wildman–Crippen LogP) is -1.29. The summed E-state index contributed by atoms with van der Waals surface area (Å²) in [5.41, 5.74) is 0. The maximum atomic E-state index is 12.1. The molecule has 202 valence electrons. The number of carbonyl (C=O) groups is 2. The van der Waals surface area contributed by atoms with E-state index in [4.69, 9.17) is 22.8 Å². The van der Waals surface area contributed by atoms with Crippen molar-refractivity contribution in [3.8, 4) is 0 Å². The second-order valence-corrected chi connectivity index (χ2v) is 13.9. The van der Waals surface area contributed by atoms with Crippen molar-refractivity contribution in [3.63, 3.8) is 0 Å². The molecule has 0 bridgehead atoms. The number of amides is 1. The second-order valence-electron chi connectivity index (χ2n) is 7.54. The van der Waals surface area contributed by atoms with Crippen molar-refractivity contribution in [2.75, 3.05) is 60.1 Å². The van der Waals surface area contributed by atoms with E-state index in [1.807, 2.05) is 0 Å². The molecular weight excluding hydrogens is 514 g/mol. The largest absolute Gasteiger partial charge is 0.747 e. The summed E-state index contributed by atoms with van der Waals surface area (Å²) in [5, 5.41) is 20.6. The van der Waals surface area contributed by atoms with Crippen LogP contribution in [0.3, 0.4) is 0 Å². The normalized spacial score (nSPS) is 15.9. The highest BCUT2D eigenvalue weighted by molar-refractivity contribution is 8.01. The molecule has 0 radical (unpaired) electrons. The molecule has 3 N–H and O–H groups in total. The molecule has 3 atom stereocenters. The number of esters is 1. The van der Waals surface area contributed by atoms with Crippen molar-refractivity contribution in [3.05, 3.63) is 0 Å². The van der Waals surface area contributed by atoms with Gasteiger partial charge >= 0.3 is 14.8 Å². The Labute approximate surface area is 205 Å². The van der Waals surface area contributed by atoms with Gasteiger partial charge in [-0.25, -0.2) is 8.42 Å². The number of nitrogens with one attached hydrogen (secondary N) is 1. The van der Waals surface area contributed by atoms with Gasteiger partial charge in [0.2, 0.25) is 5.91 Å². The lowest BCUT2D eigenvalue weighted by atomic mass is 10.2. The number of ether oxygens (including phenoxy) is 2. The Morgan fingerprint density at radius 2 is 1.76 bits per heavy atom. The van der Waals surface area contributed by atoms with Gasteiger partial charge in [0.15, 0.2) is 0 Å². The minimum absolute atomic E-state index is 0.0684. The highest BCUT2D eigenvalue weighted by Gasteiger charge is 2.37. The van der Waals surface area contributed by atoms with Crippen LogP contribution in [0.5, 0.6) is 0 Å². The van der Waals surface area contributed by atoms with Crippen molar-refractivity contribution >= 4 is 42.6 Å². The molecule has 0 aliphatic rings. The number of hydrogen-bond donors (Lipinski definition) is 3. The molecule has 0 aliphatic heterocycles. The zero-order chi connectivity index (χ0) is 26.4. The summed E-state index contributed by atoms with van der Waals surface area (Å²) in [6, 6.07) is 0.532. The molecule has 0 saturated carbocycles. The molecule has 0 rings (SSSR count). The van der Waals surface area contributed by atoms with Crippen LogP contribution in [-0.2, 0) is 42.5 Å². The lowest BCUT2D eigenvalue weighted by Gasteiger charge is -2.30. The van der Waals surface area contributed by atoms with Gasteiger partial charge in [-0.2, -0.15) is 0 Å². The summed E-state index contributed by atoms with van der Waals surface area (Å²) in [5.74, 6) is -1.67. The van der Waals surface area contributed by atoms with Gasteiger partial charge in [0, 0.05) is 39.7 Å². The van der Waals surface area contributed by atoms with Gasteiger partial charge in [0.05, 0.1) is 23.2 Å². The van der Waals surface area contributed by atoms with E-state index in [0.29, 0.717) is 19.1 Å². The van der Waals surface area contributed by atoms with Gasteiger partial charge < -0.3 is 42.8 Å². The maximum Gasteiger partial charge on any atom is 0.500 e. The first-order valence-electron chi connectivity index (χ1n) is 10.3. The number of rotatable bonds is 19. The summed E-state index contributed by atoms with van der Waals surface area (Å²) in [6.07, 6.45) is -0.483. The molecule has 0 spiro atoms. The molecule has 0 saturated heterocycles. The fourth-order valence-electron chi connectivity index (χ4n) is 2.33. The number of carbonyl (C=O) groups excluding carboxylic acids is 2. The summed E-state index contributed by atoms with van der Waals surface area (Å²) in [4.78, 5) is 23.8. The average Bonchev–Trinajstić information content (AvgIpc) is 2.81. The van der Waals surface area contributed by atoms with Crippen LogP contribution in [0.1, 0.15) is 20.3 Å². The van der Waals surface area contributed by atoms with Crippen LogP contribution in [-0.4, -0.2) is 120 Å². The fraction of sp³-hybridized carbons (Fsp3) is 0.889.